The first-order chi connectivity index (χ1) is 7.68. The van der Waals surface area contributed by atoms with E-state index in [1.54, 1.807) is 6.08 Å². The Morgan fingerprint density at radius 2 is 2.19 bits per heavy atom. The number of nitrogens with one attached hydrogen (secondary N) is 1. The van der Waals surface area contributed by atoms with Gasteiger partial charge in [-0.2, -0.15) is 0 Å². The SMILES string of the molecule is C=CCNC1(C(=O)O)CCCC(C2CC2)C1. The molecule has 2 rings (SSSR count). The molecular formula is C13H21NO2. The van der Waals surface area contributed by atoms with Crippen molar-refractivity contribution in [2.45, 2.75) is 44.1 Å². The summed E-state index contributed by atoms with van der Waals surface area (Å²) in [4.78, 5) is 11.5. The lowest BCUT2D eigenvalue weighted by atomic mass is 9.73. The van der Waals surface area contributed by atoms with Crippen LogP contribution in [-0.4, -0.2) is 23.2 Å². The van der Waals surface area contributed by atoms with Crippen molar-refractivity contribution < 1.29 is 9.90 Å². The average molecular weight is 223 g/mol. The largest absolute Gasteiger partial charge is 0.480 e. The second-order valence-corrected chi connectivity index (χ2v) is 5.25. The van der Waals surface area contributed by atoms with E-state index in [1.165, 1.54) is 19.3 Å². The van der Waals surface area contributed by atoms with Crippen molar-refractivity contribution in [3.63, 3.8) is 0 Å². The van der Waals surface area contributed by atoms with Crippen LogP contribution in [0.25, 0.3) is 0 Å². The van der Waals surface area contributed by atoms with Crippen LogP contribution >= 0.6 is 0 Å². The first-order valence-electron chi connectivity index (χ1n) is 6.27. The summed E-state index contributed by atoms with van der Waals surface area (Å²) in [5.74, 6) is 0.756. The van der Waals surface area contributed by atoms with Gasteiger partial charge in [0.2, 0.25) is 0 Å². The Labute approximate surface area is 96.9 Å². The maximum atomic E-state index is 11.5. The van der Waals surface area contributed by atoms with E-state index >= 15 is 0 Å². The topological polar surface area (TPSA) is 49.3 Å². The van der Waals surface area contributed by atoms with Crippen molar-refractivity contribution in [1.82, 2.24) is 5.32 Å². The third-order valence-electron chi connectivity index (χ3n) is 4.07. The van der Waals surface area contributed by atoms with Crippen LogP contribution in [0.4, 0.5) is 0 Å². The fourth-order valence-electron chi connectivity index (χ4n) is 2.99. The zero-order valence-corrected chi connectivity index (χ0v) is 9.74. The van der Waals surface area contributed by atoms with Crippen molar-refractivity contribution >= 4 is 5.97 Å². The maximum absolute atomic E-state index is 11.5. The predicted molar refractivity (Wildman–Crippen MR) is 63.2 cm³/mol. The van der Waals surface area contributed by atoms with Gasteiger partial charge in [-0.15, -0.1) is 6.58 Å². The van der Waals surface area contributed by atoms with Crippen LogP contribution in [-0.2, 0) is 4.79 Å². The van der Waals surface area contributed by atoms with Crippen LogP contribution in [0.2, 0.25) is 0 Å². The summed E-state index contributed by atoms with van der Waals surface area (Å²) in [5.41, 5.74) is -0.681. The third-order valence-corrected chi connectivity index (χ3v) is 4.07. The lowest BCUT2D eigenvalue weighted by molar-refractivity contribution is -0.147. The van der Waals surface area contributed by atoms with E-state index in [1.807, 2.05) is 0 Å². The summed E-state index contributed by atoms with van der Waals surface area (Å²) >= 11 is 0. The van der Waals surface area contributed by atoms with Crippen LogP contribution in [0.1, 0.15) is 38.5 Å². The molecule has 2 fully saturated rings. The van der Waals surface area contributed by atoms with Gasteiger partial charge in [-0.3, -0.25) is 10.1 Å². The molecule has 16 heavy (non-hydrogen) atoms. The summed E-state index contributed by atoms with van der Waals surface area (Å²) in [6, 6.07) is 0. The number of hydrogen-bond donors (Lipinski definition) is 2. The molecule has 2 atom stereocenters. The lowest BCUT2D eigenvalue weighted by Gasteiger charge is -2.38. The molecule has 0 aromatic rings. The number of carboxylic acid groups (broad SMARTS) is 1. The molecule has 2 aliphatic rings. The normalized spacial score (nSPS) is 34.6. The van der Waals surface area contributed by atoms with Gasteiger partial charge in [0, 0.05) is 6.54 Å². The Kier molecular flexibility index (Phi) is 3.33. The van der Waals surface area contributed by atoms with Crippen LogP contribution in [0.15, 0.2) is 12.7 Å². The van der Waals surface area contributed by atoms with Gasteiger partial charge in [0.15, 0.2) is 0 Å². The van der Waals surface area contributed by atoms with E-state index in [2.05, 4.69) is 11.9 Å². The van der Waals surface area contributed by atoms with Crippen molar-refractivity contribution in [3.8, 4) is 0 Å². The Morgan fingerprint density at radius 1 is 1.44 bits per heavy atom. The highest BCUT2D eigenvalue weighted by Crippen LogP contribution is 2.46. The second-order valence-electron chi connectivity index (χ2n) is 5.25. The number of rotatable bonds is 5. The molecule has 0 spiro atoms. The minimum atomic E-state index is -0.681. The minimum Gasteiger partial charge on any atom is -0.480 e. The molecule has 90 valence electrons. The molecule has 0 amide bonds. The minimum absolute atomic E-state index is 0.587. The van der Waals surface area contributed by atoms with Gasteiger partial charge in [-0.05, 0) is 37.5 Å². The van der Waals surface area contributed by atoms with Crippen LogP contribution in [0.5, 0.6) is 0 Å². The first-order valence-corrected chi connectivity index (χ1v) is 6.27. The summed E-state index contributed by atoms with van der Waals surface area (Å²) < 4.78 is 0. The average Bonchev–Trinajstić information content (AvgIpc) is 3.10. The Hall–Kier alpha value is -0.830. The fraction of sp³-hybridized carbons (Fsp3) is 0.769. The van der Waals surface area contributed by atoms with Gasteiger partial charge < -0.3 is 5.11 Å². The highest BCUT2D eigenvalue weighted by molar-refractivity contribution is 5.79. The molecule has 0 aromatic heterocycles. The van der Waals surface area contributed by atoms with Crippen LogP contribution < -0.4 is 5.32 Å². The van der Waals surface area contributed by atoms with Gasteiger partial charge in [0.1, 0.15) is 5.54 Å². The quantitative estimate of drug-likeness (QED) is 0.702. The summed E-state index contributed by atoms with van der Waals surface area (Å²) in [5, 5.41) is 12.6. The maximum Gasteiger partial charge on any atom is 0.323 e. The van der Waals surface area contributed by atoms with Crippen LogP contribution in [0, 0.1) is 11.8 Å². The third kappa shape index (κ3) is 2.29. The second kappa shape index (κ2) is 4.58. The van der Waals surface area contributed by atoms with Crippen molar-refractivity contribution in [3.05, 3.63) is 12.7 Å². The molecule has 3 nitrogen and oxygen atoms in total. The molecule has 3 heteroatoms. The monoisotopic (exact) mass is 223 g/mol. The highest BCUT2D eigenvalue weighted by Gasteiger charge is 2.46. The highest BCUT2D eigenvalue weighted by atomic mass is 16.4. The number of carboxylic acids is 1. The van der Waals surface area contributed by atoms with E-state index in [0.717, 1.165) is 25.2 Å². The van der Waals surface area contributed by atoms with Gasteiger partial charge in [-0.25, -0.2) is 0 Å². The van der Waals surface area contributed by atoms with E-state index in [9.17, 15) is 9.90 Å². The molecule has 0 aromatic carbocycles. The van der Waals surface area contributed by atoms with Crippen LogP contribution in [0.3, 0.4) is 0 Å². The summed E-state index contributed by atoms with van der Waals surface area (Å²) in [6.07, 6.45) is 8.18. The standard InChI is InChI=1S/C13H21NO2/c1-2-8-14-13(12(15)16)7-3-4-11(9-13)10-5-6-10/h2,10-11,14H,1,3-9H2,(H,15,16). The van der Waals surface area contributed by atoms with E-state index in [-0.39, 0.29) is 0 Å². The zero-order chi connectivity index (χ0) is 11.6. The predicted octanol–water partition coefficient (Wildman–Crippen LogP) is 2.19. The van der Waals surface area contributed by atoms with Crippen molar-refractivity contribution in [1.29, 1.82) is 0 Å². The molecular weight excluding hydrogens is 202 g/mol. The molecule has 2 saturated carbocycles. The van der Waals surface area contributed by atoms with Gasteiger partial charge in [0.25, 0.3) is 0 Å². The molecule has 0 radical (unpaired) electrons. The van der Waals surface area contributed by atoms with Gasteiger partial charge in [-0.1, -0.05) is 18.9 Å². The summed E-state index contributed by atoms with van der Waals surface area (Å²) in [7, 11) is 0. The lowest BCUT2D eigenvalue weighted by Crippen LogP contribution is -2.55. The molecule has 2 unspecified atom stereocenters. The van der Waals surface area contributed by atoms with E-state index in [0.29, 0.717) is 12.5 Å². The Morgan fingerprint density at radius 3 is 2.75 bits per heavy atom. The zero-order valence-electron chi connectivity index (χ0n) is 9.74. The Bertz CT molecular complexity index is 286. The fourth-order valence-corrected chi connectivity index (χ4v) is 2.99. The van der Waals surface area contributed by atoms with Crippen molar-refractivity contribution in [2.75, 3.05) is 6.54 Å². The number of carbonyl (C=O) groups is 1. The molecule has 0 bridgehead atoms. The Balaban J connectivity index is 2.04. The van der Waals surface area contributed by atoms with E-state index in [4.69, 9.17) is 0 Å². The molecule has 0 saturated heterocycles. The van der Waals surface area contributed by atoms with Crippen molar-refractivity contribution in [2.24, 2.45) is 11.8 Å². The summed E-state index contributed by atoms with van der Waals surface area (Å²) in [6.45, 7) is 4.23. The molecule has 2 aliphatic carbocycles. The number of hydrogen-bond acceptors (Lipinski definition) is 2. The molecule has 0 aliphatic heterocycles. The van der Waals surface area contributed by atoms with Gasteiger partial charge >= 0.3 is 5.97 Å². The first kappa shape index (κ1) is 11.6. The van der Waals surface area contributed by atoms with Gasteiger partial charge in [0.05, 0.1) is 0 Å². The molecule has 0 heterocycles. The smallest absolute Gasteiger partial charge is 0.323 e. The number of aliphatic carboxylic acids is 1. The van der Waals surface area contributed by atoms with E-state index < -0.39 is 11.5 Å². The molecule has 2 N–H and O–H groups in total.